The summed E-state index contributed by atoms with van der Waals surface area (Å²) in [6.45, 7) is -1.76. The maximum atomic E-state index is 11.8. The molecule has 0 atom stereocenters. The van der Waals surface area contributed by atoms with Gasteiger partial charge in [0.2, 0.25) is 5.91 Å². The molecule has 0 aliphatic rings. The Morgan fingerprint density at radius 1 is 1.45 bits per heavy atom. The Hall–Kier alpha value is -2.27. The number of carbonyl (C=O) groups excluding carboxylic acids is 1. The van der Waals surface area contributed by atoms with Crippen LogP contribution in [-0.4, -0.2) is 25.3 Å². The van der Waals surface area contributed by atoms with E-state index in [1.54, 1.807) is 0 Å². The van der Waals surface area contributed by atoms with Crippen molar-refractivity contribution in [3.63, 3.8) is 0 Å². The smallest absolute Gasteiger partial charge is 0.399 e. The van der Waals surface area contributed by atoms with Crippen LogP contribution in [0.5, 0.6) is 0 Å². The summed E-state index contributed by atoms with van der Waals surface area (Å²) >= 11 is 0. The third-order valence-electron chi connectivity index (χ3n) is 2.18. The summed E-state index contributed by atoms with van der Waals surface area (Å²) < 4.78 is 39.7. The molecule has 0 saturated carbocycles. The number of nitrogens with one attached hydrogen (secondary N) is 1. The van der Waals surface area contributed by atoms with Gasteiger partial charge in [-0.15, -0.1) is 0 Å². The summed E-state index contributed by atoms with van der Waals surface area (Å²) in [7, 11) is 0. The maximum absolute atomic E-state index is 11.8. The van der Waals surface area contributed by atoms with Gasteiger partial charge >= 0.3 is 6.18 Å². The van der Waals surface area contributed by atoms with E-state index in [1.165, 1.54) is 18.2 Å². The predicted octanol–water partition coefficient (Wildman–Crippen LogP) is 2.05. The zero-order valence-electron chi connectivity index (χ0n) is 10.3. The predicted molar refractivity (Wildman–Crippen MR) is 65.7 cm³/mol. The monoisotopic (exact) mass is 287 g/mol. The van der Waals surface area contributed by atoms with Crippen LogP contribution in [0.4, 0.5) is 24.5 Å². The number of hydrogen-bond acceptors (Lipinski definition) is 4. The van der Waals surface area contributed by atoms with Crippen molar-refractivity contribution < 1.29 is 22.7 Å². The molecule has 20 heavy (non-hydrogen) atoms. The number of nitriles is 1. The van der Waals surface area contributed by atoms with Crippen LogP contribution in [0, 0.1) is 11.3 Å². The molecule has 0 aliphatic carbocycles. The zero-order chi connectivity index (χ0) is 15.2. The molecule has 8 heteroatoms. The normalized spacial score (nSPS) is 10.9. The number of anilines is 2. The number of halogens is 3. The first-order valence-electron chi connectivity index (χ1n) is 5.56. The van der Waals surface area contributed by atoms with Crippen LogP contribution in [0.1, 0.15) is 12.0 Å². The van der Waals surface area contributed by atoms with E-state index in [2.05, 4.69) is 10.1 Å². The number of nitrogen functional groups attached to an aromatic ring is 1. The molecule has 0 fully saturated rings. The second-order valence-corrected chi connectivity index (χ2v) is 3.88. The molecule has 1 aromatic carbocycles. The average Bonchev–Trinajstić information content (AvgIpc) is 2.35. The van der Waals surface area contributed by atoms with Gasteiger partial charge in [0.25, 0.3) is 0 Å². The minimum atomic E-state index is -4.42. The van der Waals surface area contributed by atoms with Gasteiger partial charge in [0.15, 0.2) is 0 Å². The number of benzene rings is 1. The lowest BCUT2D eigenvalue weighted by atomic mass is 10.1. The van der Waals surface area contributed by atoms with E-state index < -0.39 is 18.7 Å². The van der Waals surface area contributed by atoms with Gasteiger partial charge in [0.05, 0.1) is 24.3 Å². The molecule has 0 heterocycles. The molecule has 0 radical (unpaired) electrons. The summed E-state index contributed by atoms with van der Waals surface area (Å²) in [6, 6.07) is 6.18. The Balaban J connectivity index is 2.45. The standard InChI is InChI=1S/C12H12F3N3O2/c13-12(14,15)7-20-4-3-11(19)18-10-2-1-9(17)5-8(10)6-16/h1-2,5H,3-4,7,17H2,(H,18,19). The van der Waals surface area contributed by atoms with Crippen LogP contribution in [0.15, 0.2) is 18.2 Å². The van der Waals surface area contributed by atoms with Crippen LogP contribution in [0.3, 0.4) is 0 Å². The molecule has 1 aromatic rings. The van der Waals surface area contributed by atoms with Gasteiger partial charge in [-0.25, -0.2) is 0 Å². The lowest BCUT2D eigenvalue weighted by molar-refractivity contribution is -0.174. The van der Waals surface area contributed by atoms with Crippen molar-refractivity contribution in [3.05, 3.63) is 23.8 Å². The SMILES string of the molecule is N#Cc1cc(N)ccc1NC(=O)CCOCC(F)(F)F. The lowest BCUT2D eigenvalue weighted by Gasteiger charge is -2.09. The Kier molecular flexibility index (Phi) is 5.34. The van der Waals surface area contributed by atoms with E-state index >= 15 is 0 Å². The fourth-order valence-corrected chi connectivity index (χ4v) is 1.33. The number of hydrogen-bond donors (Lipinski definition) is 2. The van der Waals surface area contributed by atoms with Crippen LogP contribution < -0.4 is 11.1 Å². The average molecular weight is 287 g/mol. The van der Waals surface area contributed by atoms with Crippen molar-refractivity contribution in [2.24, 2.45) is 0 Å². The number of nitrogens with zero attached hydrogens (tertiary/aromatic N) is 1. The van der Waals surface area contributed by atoms with Crippen molar-refractivity contribution in [2.75, 3.05) is 24.3 Å². The van der Waals surface area contributed by atoms with E-state index in [9.17, 15) is 18.0 Å². The van der Waals surface area contributed by atoms with Gasteiger partial charge in [-0.1, -0.05) is 0 Å². The van der Waals surface area contributed by atoms with Crippen LogP contribution in [0.25, 0.3) is 0 Å². The van der Waals surface area contributed by atoms with Crippen molar-refractivity contribution in [3.8, 4) is 6.07 Å². The Bertz CT molecular complexity index is 524. The van der Waals surface area contributed by atoms with Gasteiger partial charge in [0, 0.05) is 5.69 Å². The van der Waals surface area contributed by atoms with E-state index in [1.807, 2.05) is 6.07 Å². The van der Waals surface area contributed by atoms with Gasteiger partial charge in [-0.05, 0) is 18.2 Å². The Morgan fingerprint density at radius 2 is 2.15 bits per heavy atom. The third-order valence-corrected chi connectivity index (χ3v) is 2.18. The Morgan fingerprint density at radius 3 is 2.75 bits per heavy atom. The molecule has 0 aliphatic heterocycles. The molecule has 0 bridgehead atoms. The highest BCUT2D eigenvalue weighted by Crippen LogP contribution is 2.18. The summed E-state index contributed by atoms with van der Waals surface area (Å²) in [6.07, 6.45) is -4.66. The molecule has 1 rings (SSSR count). The van der Waals surface area contributed by atoms with Crippen molar-refractivity contribution in [1.82, 2.24) is 0 Å². The molecule has 3 N–H and O–H groups in total. The highest BCUT2D eigenvalue weighted by atomic mass is 19.4. The minimum Gasteiger partial charge on any atom is -0.399 e. The summed E-state index contributed by atoms with van der Waals surface area (Å²) in [5.41, 5.74) is 6.28. The van der Waals surface area contributed by atoms with Crippen molar-refractivity contribution in [1.29, 1.82) is 5.26 Å². The van der Waals surface area contributed by atoms with E-state index in [-0.39, 0.29) is 24.3 Å². The molecule has 5 nitrogen and oxygen atoms in total. The van der Waals surface area contributed by atoms with Crippen molar-refractivity contribution in [2.45, 2.75) is 12.6 Å². The topological polar surface area (TPSA) is 88.1 Å². The highest BCUT2D eigenvalue weighted by Gasteiger charge is 2.27. The van der Waals surface area contributed by atoms with Gasteiger partial charge in [-0.3, -0.25) is 4.79 Å². The van der Waals surface area contributed by atoms with Crippen LogP contribution in [0.2, 0.25) is 0 Å². The second kappa shape index (κ2) is 6.77. The van der Waals surface area contributed by atoms with E-state index in [4.69, 9.17) is 11.0 Å². The molecule has 108 valence electrons. The molecule has 1 amide bonds. The fourth-order valence-electron chi connectivity index (χ4n) is 1.33. The van der Waals surface area contributed by atoms with Gasteiger partial charge < -0.3 is 15.8 Å². The number of amides is 1. The number of carbonyl (C=O) groups is 1. The molecular weight excluding hydrogens is 275 g/mol. The summed E-state index contributed by atoms with van der Waals surface area (Å²) in [5, 5.41) is 11.3. The molecule has 0 unspecified atom stereocenters. The van der Waals surface area contributed by atoms with Gasteiger partial charge in [0.1, 0.15) is 12.7 Å². The number of rotatable bonds is 5. The first-order valence-corrected chi connectivity index (χ1v) is 5.56. The lowest BCUT2D eigenvalue weighted by Crippen LogP contribution is -2.20. The largest absolute Gasteiger partial charge is 0.411 e. The molecular formula is C12H12F3N3O2. The van der Waals surface area contributed by atoms with E-state index in [0.717, 1.165) is 0 Å². The van der Waals surface area contributed by atoms with E-state index in [0.29, 0.717) is 5.69 Å². The molecule has 0 spiro atoms. The number of nitrogens with two attached hydrogens (primary N) is 1. The zero-order valence-corrected chi connectivity index (χ0v) is 10.3. The third kappa shape index (κ3) is 5.58. The quantitative estimate of drug-likeness (QED) is 0.640. The first kappa shape index (κ1) is 15.8. The molecule has 0 saturated heterocycles. The maximum Gasteiger partial charge on any atom is 0.411 e. The first-order chi connectivity index (χ1) is 9.31. The van der Waals surface area contributed by atoms with Crippen LogP contribution >= 0.6 is 0 Å². The fraction of sp³-hybridized carbons (Fsp3) is 0.333. The summed E-state index contributed by atoms with van der Waals surface area (Å²) in [4.78, 5) is 11.5. The Labute approximate surface area is 113 Å². The second-order valence-electron chi connectivity index (χ2n) is 3.88. The van der Waals surface area contributed by atoms with Crippen LogP contribution in [-0.2, 0) is 9.53 Å². The van der Waals surface area contributed by atoms with Gasteiger partial charge in [-0.2, -0.15) is 18.4 Å². The number of alkyl halides is 3. The minimum absolute atomic E-state index is 0.176. The highest BCUT2D eigenvalue weighted by molar-refractivity contribution is 5.92. The molecule has 0 aromatic heterocycles. The van der Waals surface area contributed by atoms with Crippen molar-refractivity contribution >= 4 is 17.3 Å². The summed E-state index contributed by atoms with van der Waals surface area (Å²) in [5.74, 6) is -0.548. The number of ether oxygens (including phenoxy) is 1.